The van der Waals surface area contributed by atoms with Gasteiger partial charge in [-0.3, -0.25) is 9.67 Å². The first-order chi connectivity index (χ1) is 12.7. The maximum atomic E-state index is 6.33. The molecule has 1 N–H and O–H groups in total. The Kier molecular flexibility index (Phi) is 8.69. The van der Waals surface area contributed by atoms with Crippen LogP contribution in [-0.2, 0) is 6.54 Å². The summed E-state index contributed by atoms with van der Waals surface area (Å²) in [6.07, 6.45) is 3.82. The van der Waals surface area contributed by atoms with Gasteiger partial charge in [0.25, 0.3) is 0 Å². The van der Waals surface area contributed by atoms with E-state index < -0.39 is 0 Å². The third-order valence-corrected chi connectivity index (χ3v) is 4.97. The van der Waals surface area contributed by atoms with Crippen molar-refractivity contribution < 1.29 is 0 Å². The molecule has 1 saturated heterocycles. The van der Waals surface area contributed by atoms with Crippen molar-refractivity contribution >= 4 is 47.2 Å². The third kappa shape index (κ3) is 6.00. The van der Waals surface area contributed by atoms with Gasteiger partial charge in [0.05, 0.1) is 10.7 Å². The molecule has 148 valence electrons. The van der Waals surface area contributed by atoms with Gasteiger partial charge in [-0.05, 0) is 24.1 Å². The van der Waals surface area contributed by atoms with E-state index in [0.29, 0.717) is 5.92 Å². The molecule has 1 aromatic heterocycles. The van der Waals surface area contributed by atoms with Crippen LogP contribution in [0.5, 0.6) is 0 Å². The van der Waals surface area contributed by atoms with Crippen molar-refractivity contribution in [1.82, 2.24) is 20.0 Å². The van der Waals surface area contributed by atoms with Crippen LogP contribution in [0.3, 0.4) is 0 Å². The number of anilines is 1. The normalized spacial score (nSPS) is 16.0. The number of nitrogens with one attached hydrogen (secondary N) is 1. The summed E-state index contributed by atoms with van der Waals surface area (Å²) < 4.78 is 1.97. The van der Waals surface area contributed by atoms with Gasteiger partial charge in [0, 0.05) is 58.7 Å². The van der Waals surface area contributed by atoms with Crippen molar-refractivity contribution in [3.05, 3.63) is 47.7 Å². The average Bonchev–Trinajstić information content (AvgIpc) is 3.16. The fraction of sp³-hybridized carbons (Fsp3) is 0.474. The summed E-state index contributed by atoms with van der Waals surface area (Å²) in [7, 11) is 1.85. The minimum Gasteiger partial charge on any atom is -0.367 e. The Morgan fingerprint density at radius 3 is 2.59 bits per heavy atom. The van der Waals surface area contributed by atoms with Gasteiger partial charge in [-0.15, -0.1) is 24.0 Å². The lowest BCUT2D eigenvalue weighted by Gasteiger charge is -2.38. The molecule has 1 unspecified atom stereocenters. The summed E-state index contributed by atoms with van der Waals surface area (Å²) in [5.74, 6) is 1.44. The van der Waals surface area contributed by atoms with Crippen molar-refractivity contribution in [1.29, 1.82) is 0 Å². The van der Waals surface area contributed by atoms with E-state index in [0.717, 1.165) is 55.9 Å². The topological polar surface area (TPSA) is 48.7 Å². The monoisotopic (exact) mass is 502 g/mol. The largest absolute Gasteiger partial charge is 0.367 e. The first kappa shape index (κ1) is 21.8. The SMILES string of the molecule is CN=C(NCC(C)Cn1cccn1)N1CCN(c2ccccc2Cl)CC1.I. The Balaban J connectivity index is 0.00000261. The first-order valence-corrected chi connectivity index (χ1v) is 9.47. The molecule has 0 amide bonds. The van der Waals surface area contributed by atoms with Gasteiger partial charge in [0.15, 0.2) is 5.96 Å². The number of guanidine groups is 1. The van der Waals surface area contributed by atoms with Gasteiger partial charge in [-0.1, -0.05) is 30.7 Å². The van der Waals surface area contributed by atoms with Gasteiger partial charge < -0.3 is 15.1 Å². The van der Waals surface area contributed by atoms with Crippen molar-refractivity contribution in [2.45, 2.75) is 13.5 Å². The number of piperazine rings is 1. The highest BCUT2D eigenvalue weighted by molar-refractivity contribution is 14.0. The molecule has 2 heterocycles. The molecular weight excluding hydrogens is 475 g/mol. The number of aromatic nitrogens is 2. The second kappa shape index (κ2) is 10.8. The zero-order valence-electron chi connectivity index (χ0n) is 15.9. The Labute approximate surface area is 183 Å². The number of hydrogen-bond donors (Lipinski definition) is 1. The van der Waals surface area contributed by atoms with E-state index in [1.54, 1.807) is 0 Å². The molecule has 6 nitrogen and oxygen atoms in total. The maximum Gasteiger partial charge on any atom is 0.193 e. The van der Waals surface area contributed by atoms with E-state index in [1.807, 2.05) is 48.4 Å². The Bertz CT molecular complexity index is 713. The fourth-order valence-electron chi connectivity index (χ4n) is 3.26. The second-order valence-corrected chi connectivity index (χ2v) is 7.09. The number of rotatable bonds is 5. The van der Waals surface area contributed by atoms with E-state index in [-0.39, 0.29) is 24.0 Å². The van der Waals surface area contributed by atoms with E-state index in [4.69, 9.17) is 11.6 Å². The van der Waals surface area contributed by atoms with E-state index >= 15 is 0 Å². The lowest BCUT2D eigenvalue weighted by atomic mass is 10.2. The summed E-state index contributed by atoms with van der Waals surface area (Å²) >= 11 is 6.33. The van der Waals surface area contributed by atoms with Gasteiger partial charge in [0.2, 0.25) is 0 Å². The maximum absolute atomic E-state index is 6.33. The zero-order valence-corrected chi connectivity index (χ0v) is 19.0. The molecule has 0 aliphatic carbocycles. The molecule has 1 atom stereocenters. The number of hydrogen-bond acceptors (Lipinski definition) is 3. The van der Waals surface area contributed by atoms with Crippen LogP contribution in [0.1, 0.15) is 6.92 Å². The molecule has 0 spiro atoms. The number of halogens is 2. The number of benzene rings is 1. The summed E-state index contributed by atoms with van der Waals surface area (Å²) in [6, 6.07) is 10.00. The molecule has 1 aromatic carbocycles. The van der Waals surface area contributed by atoms with Gasteiger partial charge in [-0.2, -0.15) is 5.10 Å². The lowest BCUT2D eigenvalue weighted by Crippen LogP contribution is -2.53. The second-order valence-electron chi connectivity index (χ2n) is 6.69. The first-order valence-electron chi connectivity index (χ1n) is 9.10. The fourth-order valence-corrected chi connectivity index (χ4v) is 3.51. The van der Waals surface area contributed by atoms with Crippen molar-refractivity contribution in [2.75, 3.05) is 44.7 Å². The Morgan fingerprint density at radius 2 is 1.96 bits per heavy atom. The van der Waals surface area contributed by atoms with E-state index in [2.05, 4.69) is 38.2 Å². The molecule has 8 heteroatoms. The molecule has 27 heavy (non-hydrogen) atoms. The number of nitrogens with zero attached hydrogens (tertiary/aromatic N) is 5. The predicted octanol–water partition coefficient (Wildman–Crippen LogP) is 3.19. The standard InChI is InChI=1S/C19H27ClN6.HI/c1-16(15-26-9-5-8-23-26)14-22-19(21-2)25-12-10-24(11-13-25)18-7-4-3-6-17(18)20;/h3-9,16H,10-15H2,1-2H3,(H,21,22);1H. The quantitative estimate of drug-likeness (QED) is 0.388. The van der Waals surface area contributed by atoms with Crippen molar-refractivity contribution in [2.24, 2.45) is 10.9 Å². The Morgan fingerprint density at radius 1 is 1.22 bits per heavy atom. The van der Waals surface area contributed by atoms with E-state index in [1.165, 1.54) is 0 Å². The zero-order chi connectivity index (χ0) is 18.4. The van der Waals surface area contributed by atoms with Gasteiger partial charge >= 0.3 is 0 Å². The average molecular weight is 503 g/mol. The summed E-state index contributed by atoms with van der Waals surface area (Å²) in [6.45, 7) is 7.73. The molecule has 1 fully saturated rings. The van der Waals surface area contributed by atoms with Crippen LogP contribution < -0.4 is 10.2 Å². The number of para-hydroxylation sites is 1. The molecule has 1 aliphatic rings. The van der Waals surface area contributed by atoms with Crippen LogP contribution in [0.15, 0.2) is 47.7 Å². The van der Waals surface area contributed by atoms with Gasteiger partial charge in [0.1, 0.15) is 0 Å². The molecule has 0 bridgehead atoms. The summed E-state index contributed by atoms with van der Waals surface area (Å²) in [5.41, 5.74) is 1.12. The number of aliphatic imine (C=N–C) groups is 1. The van der Waals surface area contributed by atoms with Crippen LogP contribution in [0.25, 0.3) is 0 Å². The van der Waals surface area contributed by atoms with Crippen molar-refractivity contribution in [3.8, 4) is 0 Å². The highest BCUT2D eigenvalue weighted by atomic mass is 127. The van der Waals surface area contributed by atoms with Crippen LogP contribution >= 0.6 is 35.6 Å². The minimum atomic E-state index is 0. The van der Waals surface area contributed by atoms with E-state index in [9.17, 15) is 0 Å². The molecule has 3 rings (SSSR count). The highest BCUT2D eigenvalue weighted by Gasteiger charge is 2.21. The summed E-state index contributed by atoms with van der Waals surface area (Å²) in [5, 5.41) is 8.59. The highest BCUT2D eigenvalue weighted by Crippen LogP contribution is 2.25. The smallest absolute Gasteiger partial charge is 0.193 e. The molecule has 2 aromatic rings. The molecule has 1 aliphatic heterocycles. The van der Waals surface area contributed by atoms with Crippen LogP contribution in [0.2, 0.25) is 5.02 Å². The predicted molar refractivity (Wildman–Crippen MR) is 123 cm³/mol. The van der Waals surface area contributed by atoms with Crippen LogP contribution in [0.4, 0.5) is 5.69 Å². The van der Waals surface area contributed by atoms with Crippen molar-refractivity contribution in [3.63, 3.8) is 0 Å². The van der Waals surface area contributed by atoms with Crippen LogP contribution in [-0.4, -0.2) is 60.4 Å². The van der Waals surface area contributed by atoms with Gasteiger partial charge in [-0.25, -0.2) is 0 Å². The summed E-state index contributed by atoms with van der Waals surface area (Å²) in [4.78, 5) is 9.11. The van der Waals surface area contributed by atoms with Crippen LogP contribution in [0, 0.1) is 5.92 Å². The minimum absolute atomic E-state index is 0. The lowest BCUT2D eigenvalue weighted by molar-refractivity contribution is 0.364. The molecular formula is C19H28ClIN6. The third-order valence-electron chi connectivity index (χ3n) is 4.65. The Hall–Kier alpha value is -1.48. The molecule has 0 radical (unpaired) electrons. The molecule has 0 saturated carbocycles.